The Hall–Kier alpha value is -4.83. The number of hydrogen-bond acceptors (Lipinski definition) is 2. The topological polar surface area (TPSA) is 36.2 Å². The lowest BCUT2D eigenvalue weighted by atomic mass is 9.99. The zero-order chi connectivity index (χ0) is 29.1. The van der Waals surface area contributed by atoms with E-state index in [1.54, 1.807) is 0 Å². The van der Waals surface area contributed by atoms with Gasteiger partial charge in [0.25, 0.3) is 0 Å². The highest BCUT2D eigenvalue weighted by Crippen LogP contribution is 2.38. The van der Waals surface area contributed by atoms with Crippen LogP contribution in [0.2, 0.25) is 0 Å². The van der Waals surface area contributed by atoms with Gasteiger partial charge in [-0.2, -0.15) is 0 Å². The number of carbonyl (C=O) groups is 1. The van der Waals surface area contributed by atoms with E-state index in [1.807, 2.05) is 12.1 Å². The number of benzene rings is 5. The first kappa shape index (κ1) is 25.8. The smallest absolute Gasteiger partial charge is 0.338 e. The Morgan fingerprint density at radius 1 is 0.628 bits per heavy atom. The van der Waals surface area contributed by atoms with Crippen molar-refractivity contribution in [1.82, 2.24) is 9.13 Å². The molecule has 3 unspecified atom stereocenters. The van der Waals surface area contributed by atoms with Crippen molar-refractivity contribution in [1.29, 1.82) is 0 Å². The molecule has 4 nitrogen and oxygen atoms in total. The van der Waals surface area contributed by atoms with Crippen molar-refractivity contribution in [2.45, 2.75) is 26.7 Å². The molecule has 212 valence electrons. The van der Waals surface area contributed by atoms with Gasteiger partial charge in [0.05, 0.1) is 34.2 Å². The maximum atomic E-state index is 13.8. The Morgan fingerprint density at radius 3 is 1.44 bits per heavy atom. The Bertz CT molecular complexity index is 1930. The molecule has 1 aliphatic carbocycles. The lowest BCUT2D eigenvalue weighted by Crippen LogP contribution is -2.17. The number of nitrogens with zero attached hydrogens (tertiary/aromatic N) is 2. The van der Waals surface area contributed by atoms with Crippen molar-refractivity contribution in [3.8, 4) is 11.4 Å². The van der Waals surface area contributed by atoms with Gasteiger partial charge in [0.2, 0.25) is 0 Å². The largest absolute Gasteiger partial charge is 0.462 e. The van der Waals surface area contributed by atoms with Crippen molar-refractivity contribution in [2.75, 3.05) is 6.61 Å². The van der Waals surface area contributed by atoms with Crippen LogP contribution < -0.4 is 0 Å². The molecular weight excluding hydrogens is 528 g/mol. The van der Waals surface area contributed by atoms with E-state index >= 15 is 0 Å². The molecule has 8 rings (SSSR count). The number of para-hydroxylation sites is 4. The first-order valence-corrected chi connectivity index (χ1v) is 15.4. The molecule has 0 spiro atoms. The van der Waals surface area contributed by atoms with Crippen LogP contribution in [0.25, 0.3) is 55.0 Å². The quantitative estimate of drug-likeness (QED) is 0.196. The number of aromatic nitrogens is 2. The number of hydrogen-bond donors (Lipinski definition) is 0. The first-order chi connectivity index (χ1) is 21.1. The fourth-order valence-corrected chi connectivity index (χ4v) is 7.54. The molecule has 3 atom stereocenters. The normalized spacial score (nSPS) is 18.7. The van der Waals surface area contributed by atoms with Crippen LogP contribution in [-0.2, 0) is 4.74 Å². The van der Waals surface area contributed by atoms with Crippen molar-refractivity contribution in [3.05, 3.63) is 121 Å². The first-order valence-electron chi connectivity index (χ1n) is 15.4. The summed E-state index contributed by atoms with van der Waals surface area (Å²) >= 11 is 0. The van der Waals surface area contributed by atoms with Crippen LogP contribution in [0.5, 0.6) is 0 Å². The summed E-state index contributed by atoms with van der Waals surface area (Å²) in [4.78, 5) is 13.8. The molecule has 2 aromatic heterocycles. The highest BCUT2D eigenvalue weighted by Gasteiger charge is 2.30. The van der Waals surface area contributed by atoms with Gasteiger partial charge in [0.15, 0.2) is 0 Å². The highest BCUT2D eigenvalue weighted by atomic mass is 16.5. The van der Waals surface area contributed by atoms with Crippen LogP contribution in [0.15, 0.2) is 115 Å². The fourth-order valence-electron chi connectivity index (χ4n) is 7.54. The summed E-state index contributed by atoms with van der Waals surface area (Å²) in [5.74, 6) is 1.40. The molecule has 1 fully saturated rings. The molecule has 4 heteroatoms. The zero-order valence-corrected chi connectivity index (χ0v) is 24.5. The predicted molar refractivity (Wildman–Crippen MR) is 176 cm³/mol. The van der Waals surface area contributed by atoms with E-state index in [-0.39, 0.29) is 5.97 Å². The van der Waals surface area contributed by atoms with E-state index in [1.165, 1.54) is 28.0 Å². The molecule has 5 aromatic carbocycles. The van der Waals surface area contributed by atoms with Crippen LogP contribution in [0.4, 0.5) is 0 Å². The summed E-state index contributed by atoms with van der Waals surface area (Å²) in [5.41, 5.74) is 6.87. The zero-order valence-electron chi connectivity index (χ0n) is 24.5. The second kappa shape index (κ2) is 10.2. The van der Waals surface area contributed by atoms with Gasteiger partial charge in [-0.3, -0.25) is 0 Å². The van der Waals surface area contributed by atoms with E-state index in [0.29, 0.717) is 29.9 Å². The minimum absolute atomic E-state index is 0.267. The summed E-state index contributed by atoms with van der Waals surface area (Å²) in [6.07, 6.45) is 2.31. The number of esters is 1. The van der Waals surface area contributed by atoms with E-state index in [0.717, 1.165) is 39.9 Å². The standard InChI is InChI=1S/C39H34N2O2/c1-25-19-26(2)28(20-25)24-43-39(42)27-21-29(40-35-15-7-3-11-31(35)32-12-4-8-16-36(32)40)23-30(22-27)41-37-17-9-5-13-33(37)34-14-6-10-18-38(34)41/h3-18,21-23,25-26,28H,19-20,24H2,1-2H3. The molecule has 7 aromatic rings. The second-order valence-electron chi connectivity index (χ2n) is 12.4. The monoisotopic (exact) mass is 562 g/mol. The fraction of sp³-hybridized carbons (Fsp3) is 0.205. The number of carbonyl (C=O) groups excluding carboxylic acids is 1. The number of ether oxygens (including phenoxy) is 1. The Balaban J connectivity index is 1.35. The van der Waals surface area contributed by atoms with Crippen LogP contribution >= 0.6 is 0 Å². The molecule has 43 heavy (non-hydrogen) atoms. The number of fused-ring (bicyclic) bond motifs is 6. The third-order valence-electron chi connectivity index (χ3n) is 9.53. The molecule has 0 bridgehead atoms. The van der Waals surface area contributed by atoms with Crippen molar-refractivity contribution in [3.63, 3.8) is 0 Å². The molecule has 0 saturated heterocycles. The molecule has 0 amide bonds. The number of rotatable bonds is 5. The van der Waals surface area contributed by atoms with Gasteiger partial charge in [-0.05, 0) is 73.1 Å². The Kier molecular flexibility index (Phi) is 6.11. The average molecular weight is 563 g/mol. The predicted octanol–water partition coefficient (Wildman–Crippen LogP) is 9.72. The van der Waals surface area contributed by atoms with Crippen LogP contribution in [-0.4, -0.2) is 21.7 Å². The van der Waals surface area contributed by atoms with Crippen molar-refractivity contribution in [2.24, 2.45) is 17.8 Å². The Morgan fingerprint density at radius 2 is 1.05 bits per heavy atom. The van der Waals surface area contributed by atoms with E-state index < -0.39 is 0 Å². The molecule has 0 radical (unpaired) electrons. The third-order valence-corrected chi connectivity index (χ3v) is 9.53. The van der Waals surface area contributed by atoms with Crippen molar-refractivity contribution < 1.29 is 9.53 Å². The maximum Gasteiger partial charge on any atom is 0.338 e. The molecule has 2 heterocycles. The summed E-state index contributed by atoms with van der Waals surface area (Å²) in [6.45, 7) is 5.05. The minimum atomic E-state index is -0.267. The van der Waals surface area contributed by atoms with E-state index in [4.69, 9.17) is 4.74 Å². The molecule has 0 N–H and O–H groups in total. The lowest BCUT2D eigenvalue weighted by Gasteiger charge is -2.17. The maximum absolute atomic E-state index is 13.8. The average Bonchev–Trinajstić information content (AvgIpc) is 3.67. The summed E-state index contributed by atoms with van der Waals surface area (Å²) < 4.78 is 10.6. The SMILES string of the molecule is CC1CC(C)C(COC(=O)c2cc(-n3c4ccccc4c4ccccc43)cc(-n3c4ccccc4c4ccccc43)c2)C1. The Labute approximate surface area is 251 Å². The van der Waals surface area contributed by atoms with Crippen molar-refractivity contribution >= 4 is 49.6 Å². The lowest BCUT2D eigenvalue weighted by molar-refractivity contribution is 0.0414. The summed E-state index contributed by atoms with van der Waals surface area (Å²) in [6, 6.07) is 40.2. The summed E-state index contributed by atoms with van der Waals surface area (Å²) in [7, 11) is 0. The van der Waals surface area contributed by atoms with Gasteiger partial charge in [-0.25, -0.2) is 4.79 Å². The van der Waals surface area contributed by atoms with Crippen LogP contribution in [0.3, 0.4) is 0 Å². The third kappa shape index (κ3) is 4.24. The molecule has 1 aliphatic rings. The molecule has 0 aliphatic heterocycles. The summed E-state index contributed by atoms with van der Waals surface area (Å²) in [5, 5.41) is 4.75. The second-order valence-corrected chi connectivity index (χ2v) is 12.4. The van der Waals surface area contributed by atoms with Gasteiger partial charge in [0.1, 0.15) is 0 Å². The van der Waals surface area contributed by atoms with Gasteiger partial charge in [-0.1, -0.05) is 86.6 Å². The minimum Gasteiger partial charge on any atom is -0.462 e. The molecular formula is C39H34N2O2. The highest BCUT2D eigenvalue weighted by molar-refractivity contribution is 6.10. The van der Waals surface area contributed by atoms with Crippen LogP contribution in [0.1, 0.15) is 37.0 Å². The molecule has 1 saturated carbocycles. The van der Waals surface area contributed by atoms with Gasteiger partial charge < -0.3 is 13.9 Å². The van der Waals surface area contributed by atoms with Gasteiger partial charge in [0, 0.05) is 32.9 Å². The van der Waals surface area contributed by atoms with Gasteiger partial charge >= 0.3 is 5.97 Å². The van der Waals surface area contributed by atoms with E-state index in [2.05, 4.69) is 126 Å². The van der Waals surface area contributed by atoms with E-state index in [9.17, 15) is 4.79 Å². The van der Waals surface area contributed by atoms with Gasteiger partial charge in [-0.15, -0.1) is 0 Å². The van der Waals surface area contributed by atoms with Crippen LogP contribution in [0, 0.1) is 17.8 Å².